The molecule has 1 aromatic heterocycles. The second kappa shape index (κ2) is 7.13. The molecule has 0 aliphatic heterocycles. The van der Waals surface area contributed by atoms with Crippen LogP contribution in [0.2, 0.25) is 0 Å². The normalized spacial score (nSPS) is 10.0. The highest BCUT2D eigenvalue weighted by molar-refractivity contribution is 8.00. The molecule has 1 amide bonds. The second-order valence-electron chi connectivity index (χ2n) is 4.13. The Bertz CT molecular complexity index is 626. The number of hydrogen-bond acceptors (Lipinski definition) is 4. The number of benzene rings is 1. The van der Waals surface area contributed by atoms with Gasteiger partial charge in [0.2, 0.25) is 0 Å². The molecular weight excluding hydrogens is 288 g/mol. The Hall–Kier alpha value is -1.77. The highest BCUT2D eigenvalue weighted by atomic mass is 32.2. The van der Waals surface area contributed by atoms with Gasteiger partial charge in [0.25, 0.3) is 5.91 Å². The molecule has 0 fully saturated rings. The maximum atomic E-state index is 11.7. The fraction of sp³-hybridized carbons (Fsp3) is 0.200. The fourth-order valence-electron chi connectivity index (χ4n) is 1.53. The summed E-state index contributed by atoms with van der Waals surface area (Å²) in [6, 6.07) is 7.54. The first-order chi connectivity index (χ1) is 9.69. The van der Waals surface area contributed by atoms with Gasteiger partial charge in [-0.2, -0.15) is 0 Å². The Morgan fingerprint density at radius 3 is 2.80 bits per heavy atom. The lowest BCUT2D eigenvalue weighted by Crippen LogP contribution is -2.23. The third-order valence-corrected chi connectivity index (χ3v) is 4.74. The summed E-state index contributed by atoms with van der Waals surface area (Å²) in [5.74, 6) is 3.08. The zero-order chi connectivity index (χ0) is 14.4. The molecule has 1 heterocycles. The average molecular weight is 302 g/mol. The number of thiazole rings is 1. The largest absolute Gasteiger partial charge is 0.341 e. The number of aromatic nitrogens is 1. The lowest BCUT2D eigenvalue weighted by molar-refractivity contribution is 0.0958. The Kier molecular flexibility index (Phi) is 5.22. The predicted molar refractivity (Wildman–Crippen MR) is 84.0 cm³/mol. The van der Waals surface area contributed by atoms with E-state index < -0.39 is 0 Å². The zero-order valence-electron chi connectivity index (χ0n) is 11.1. The third kappa shape index (κ3) is 4.12. The smallest absolute Gasteiger partial charge is 0.252 e. The van der Waals surface area contributed by atoms with E-state index in [1.54, 1.807) is 23.1 Å². The molecule has 0 saturated heterocycles. The molecule has 0 spiro atoms. The molecule has 102 valence electrons. The first kappa shape index (κ1) is 14.6. The van der Waals surface area contributed by atoms with E-state index in [1.807, 2.05) is 36.6 Å². The van der Waals surface area contributed by atoms with Gasteiger partial charge >= 0.3 is 0 Å². The minimum atomic E-state index is -0.141. The Morgan fingerprint density at radius 1 is 1.45 bits per heavy atom. The summed E-state index contributed by atoms with van der Waals surface area (Å²) >= 11 is 3.36. The van der Waals surface area contributed by atoms with Gasteiger partial charge in [0, 0.05) is 22.4 Å². The number of aryl methyl sites for hydroxylation is 1. The number of terminal acetylenes is 1. The van der Waals surface area contributed by atoms with E-state index in [1.165, 1.54) is 0 Å². The SMILES string of the molecule is C#CCNC(=O)c1ccc(CSc2nc(C)cs2)cc1. The predicted octanol–water partition coefficient (Wildman–Crippen LogP) is 3.11. The topological polar surface area (TPSA) is 42.0 Å². The van der Waals surface area contributed by atoms with Crippen LogP contribution in [-0.4, -0.2) is 17.4 Å². The second-order valence-corrected chi connectivity index (χ2v) is 6.21. The fourth-order valence-corrected chi connectivity index (χ4v) is 3.33. The van der Waals surface area contributed by atoms with Crippen LogP contribution in [0.5, 0.6) is 0 Å². The van der Waals surface area contributed by atoms with Gasteiger partial charge in [-0.25, -0.2) is 4.98 Å². The van der Waals surface area contributed by atoms with Crippen molar-refractivity contribution in [1.29, 1.82) is 0 Å². The van der Waals surface area contributed by atoms with Crippen molar-refractivity contribution in [1.82, 2.24) is 10.3 Å². The van der Waals surface area contributed by atoms with Crippen LogP contribution in [0.4, 0.5) is 0 Å². The highest BCUT2D eigenvalue weighted by Crippen LogP contribution is 2.25. The van der Waals surface area contributed by atoms with Crippen molar-refractivity contribution in [3.63, 3.8) is 0 Å². The van der Waals surface area contributed by atoms with Gasteiger partial charge in [0.1, 0.15) is 4.34 Å². The number of rotatable bonds is 5. The average Bonchev–Trinajstić information content (AvgIpc) is 2.89. The van der Waals surface area contributed by atoms with Gasteiger partial charge in [-0.3, -0.25) is 4.79 Å². The Labute approximate surface area is 126 Å². The van der Waals surface area contributed by atoms with Crippen molar-refractivity contribution >= 4 is 29.0 Å². The number of hydrogen-bond donors (Lipinski definition) is 1. The first-order valence-corrected chi connectivity index (χ1v) is 7.91. The lowest BCUT2D eigenvalue weighted by Gasteiger charge is -2.03. The van der Waals surface area contributed by atoms with Crippen molar-refractivity contribution in [3.8, 4) is 12.3 Å². The van der Waals surface area contributed by atoms with Crippen molar-refractivity contribution in [2.45, 2.75) is 17.0 Å². The van der Waals surface area contributed by atoms with Crippen LogP contribution in [0, 0.1) is 19.3 Å². The molecule has 0 atom stereocenters. The van der Waals surface area contributed by atoms with Gasteiger partial charge in [0.15, 0.2) is 0 Å². The first-order valence-electron chi connectivity index (χ1n) is 6.04. The summed E-state index contributed by atoms with van der Waals surface area (Å²) in [5.41, 5.74) is 2.84. The number of nitrogens with one attached hydrogen (secondary N) is 1. The van der Waals surface area contributed by atoms with Gasteiger partial charge < -0.3 is 5.32 Å². The van der Waals surface area contributed by atoms with E-state index in [-0.39, 0.29) is 12.5 Å². The molecule has 2 rings (SSSR count). The van der Waals surface area contributed by atoms with Crippen LogP contribution in [0.1, 0.15) is 21.6 Å². The highest BCUT2D eigenvalue weighted by Gasteiger charge is 2.05. The molecule has 0 aliphatic carbocycles. The summed E-state index contributed by atoms with van der Waals surface area (Å²) in [6.07, 6.45) is 5.10. The van der Waals surface area contributed by atoms with Crippen molar-refractivity contribution < 1.29 is 4.79 Å². The number of thioether (sulfide) groups is 1. The Balaban J connectivity index is 1.91. The lowest BCUT2D eigenvalue weighted by atomic mass is 10.1. The summed E-state index contributed by atoms with van der Waals surface area (Å²) in [5, 5.41) is 4.68. The summed E-state index contributed by atoms with van der Waals surface area (Å²) in [4.78, 5) is 16.1. The molecule has 5 heteroatoms. The number of carbonyl (C=O) groups is 1. The quantitative estimate of drug-likeness (QED) is 0.681. The van der Waals surface area contributed by atoms with E-state index >= 15 is 0 Å². The van der Waals surface area contributed by atoms with Gasteiger partial charge in [0.05, 0.1) is 6.54 Å². The van der Waals surface area contributed by atoms with E-state index in [0.29, 0.717) is 5.56 Å². The molecule has 3 nitrogen and oxygen atoms in total. The van der Waals surface area contributed by atoms with Crippen LogP contribution in [-0.2, 0) is 5.75 Å². The van der Waals surface area contributed by atoms with Gasteiger partial charge in [-0.05, 0) is 24.6 Å². The molecule has 0 radical (unpaired) electrons. The van der Waals surface area contributed by atoms with E-state index in [2.05, 4.69) is 16.2 Å². The van der Waals surface area contributed by atoms with Crippen LogP contribution < -0.4 is 5.32 Å². The summed E-state index contributed by atoms with van der Waals surface area (Å²) in [6.45, 7) is 2.24. The minimum absolute atomic E-state index is 0.141. The molecule has 1 N–H and O–H groups in total. The minimum Gasteiger partial charge on any atom is -0.341 e. The molecule has 0 saturated carbocycles. The van der Waals surface area contributed by atoms with Crippen LogP contribution in [0.15, 0.2) is 34.0 Å². The molecule has 0 bridgehead atoms. The summed E-state index contributed by atoms with van der Waals surface area (Å²) in [7, 11) is 0. The number of amides is 1. The molecule has 1 aromatic carbocycles. The van der Waals surface area contributed by atoms with Crippen molar-refractivity contribution in [3.05, 3.63) is 46.5 Å². The number of nitrogens with zero attached hydrogens (tertiary/aromatic N) is 1. The number of carbonyl (C=O) groups excluding carboxylic acids is 1. The van der Waals surface area contributed by atoms with Gasteiger partial charge in [-0.1, -0.05) is 29.8 Å². The molecule has 20 heavy (non-hydrogen) atoms. The van der Waals surface area contributed by atoms with Crippen LogP contribution >= 0.6 is 23.1 Å². The van der Waals surface area contributed by atoms with E-state index in [0.717, 1.165) is 21.3 Å². The van der Waals surface area contributed by atoms with Crippen molar-refractivity contribution in [2.24, 2.45) is 0 Å². The van der Waals surface area contributed by atoms with Crippen LogP contribution in [0.25, 0.3) is 0 Å². The maximum absolute atomic E-state index is 11.7. The Morgan fingerprint density at radius 2 is 2.20 bits per heavy atom. The molecule has 0 aliphatic rings. The monoisotopic (exact) mass is 302 g/mol. The van der Waals surface area contributed by atoms with Crippen molar-refractivity contribution in [2.75, 3.05) is 6.54 Å². The van der Waals surface area contributed by atoms with Gasteiger partial charge in [-0.15, -0.1) is 17.8 Å². The third-order valence-electron chi connectivity index (χ3n) is 2.53. The van der Waals surface area contributed by atoms with Crippen LogP contribution in [0.3, 0.4) is 0 Å². The standard InChI is InChI=1S/C15H14N2OS2/c1-3-8-16-14(18)13-6-4-12(5-7-13)10-20-15-17-11(2)9-19-15/h1,4-7,9H,8,10H2,2H3,(H,16,18). The molecule has 0 unspecified atom stereocenters. The van der Waals surface area contributed by atoms with E-state index in [4.69, 9.17) is 6.42 Å². The maximum Gasteiger partial charge on any atom is 0.252 e. The van der Waals surface area contributed by atoms with E-state index in [9.17, 15) is 4.79 Å². The molecular formula is C15H14N2OS2. The zero-order valence-corrected chi connectivity index (χ0v) is 12.7. The molecule has 2 aromatic rings. The summed E-state index contributed by atoms with van der Waals surface area (Å²) < 4.78 is 1.07.